The van der Waals surface area contributed by atoms with Gasteiger partial charge in [-0.25, -0.2) is 0 Å². The summed E-state index contributed by atoms with van der Waals surface area (Å²) in [5.74, 6) is 1.12. The standard InChI is InChI=1S/C14H19NO2S/c1-10-3-4-12(11(2)7-10)8-15-13(16)14(17)5-6-18-9-14/h3-4,7,17H,5-6,8-9H2,1-2H3,(H,15,16). The zero-order valence-electron chi connectivity index (χ0n) is 10.8. The SMILES string of the molecule is Cc1ccc(CNC(=O)C2(O)CCSC2)c(C)c1. The first-order chi connectivity index (χ1) is 8.51. The zero-order valence-corrected chi connectivity index (χ0v) is 11.6. The van der Waals surface area contributed by atoms with Gasteiger partial charge in [-0.05, 0) is 37.1 Å². The molecular weight excluding hydrogens is 246 g/mol. The second-order valence-electron chi connectivity index (χ2n) is 4.95. The van der Waals surface area contributed by atoms with Crippen LogP contribution in [0, 0.1) is 13.8 Å². The highest BCUT2D eigenvalue weighted by molar-refractivity contribution is 7.99. The van der Waals surface area contributed by atoms with Crippen LogP contribution < -0.4 is 5.32 Å². The van der Waals surface area contributed by atoms with Crippen molar-refractivity contribution in [1.29, 1.82) is 0 Å². The van der Waals surface area contributed by atoms with E-state index in [9.17, 15) is 9.90 Å². The fourth-order valence-corrected chi connectivity index (χ4v) is 3.36. The first kappa shape index (κ1) is 13.4. The fourth-order valence-electron chi connectivity index (χ4n) is 2.12. The maximum absolute atomic E-state index is 11.9. The normalized spacial score (nSPS) is 23.1. The van der Waals surface area contributed by atoms with Crippen molar-refractivity contribution in [1.82, 2.24) is 5.32 Å². The van der Waals surface area contributed by atoms with Gasteiger partial charge in [0.25, 0.3) is 5.91 Å². The molecule has 3 nitrogen and oxygen atoms in total. The molecule has 18 heavy (non-hydrogen) atoms. The Bertz CT molecular complexity index is 453. The number of hydrogen-bond donors (Lipinski definition) is 2. The van der Waals surface area contributed by atoms with Crippen LogP contribution in [0.25, 0.3) is 0 Å². The highest BCUT2D eigenvalue weighted by Crippen LogP contribution is 2.27. The highest BCUT2D eigenvalue weighted by atomic mass is 32.2. The van der Waals surface area contributed by atoms with Crippen molar-refractivity contribution < 1.29 is 9.90 Å². The predicted molar refractivity (Wildman–Crippen MR) is 74.7 cm³/mol. The van der Waals surface area contributed by atoms with Gasteiger partial charge >= 0.3 is 0 Å². The second kappa shape index (κ2) is 5.33. The number of rotatable bonds is 3. The number of nitrogens with one attached hydrogen (secondary N) is 1. The Morgan fingerprint density at radius 3 is 2.89 bits per heavy atom. The van der Waals surface area contributed by atoms with Gasteiger partial charge in [0.2, 0.25) is 0 Å². The molecule has 0 spiro atoms. The van der Waals surface area contributed by atoms with Crippen molar-refractivity contribution in [2.75, 3.05) is 11.5 Å². The molecule has 1 aliphatic heterocycles. The molecule has 0 radical (unpaired) electrons. The van der Waals surface area contributed by atoms with Crippen LogP contribution in [-0.4, -0.2) is 28.1 Å². The summed E-state index contributed by atoms with van der Waals surface area (Å²) in [7, 11) is 0. The third-order valence-electron chi connectivity index (χ3n) is 3.36. The number of carbonyl (C=O) groups excluding carboxylic acids is 1. The van der Waals surface area contributed by atoms with E-state index in [0.29, 0.717) is 18.7 Å². The number of hydrogen-bond acceptors (Lipinski definition) is 3. The first-order valence-electron chi connectivity index (χ1n) is 6.16. The van der Waals surface area contributed by atoms with Gasteiger partial charge in [0.05, 0.1) is 0 Å². The van der Waals surface area contributed by atoms with Gasteiger partial charge in [0.1, 0.15) is 0 Å². The topological polar surface area (TPSA) is 49.3 Å². The van der Waals surface area contributed by atoms with Gasteiger partial charge in [-0.1, -0.05) is 23.8 Å². The smallest absolute Gasteiger partial charge is 0.253 e. The molecule has 0 aliphatic carbocycles. The molecule has 1 atom stereocenters. The monoisotopic (exact) mass is 265 g/mol. The number of aryl methyl sites for hydroxylation is 2. The Labute approximate surface area is 112 Å². The molecule has 1 aliphatic rings. The Balaban J connectivity index is 1.97. The average Bonchev–Trinajstić information content (AvgIpc) is 2.76. The van der Waals surface area contributed by atoms with Crippen molar-refractivity contribution in [2.45, 2.75) is 32.4 Å². The molecule has 98 valence electrons. The summed E-state index contributed by atoms with van der Waals surface area (Å²) in [4.78, 5) is 11.9. The minimum Gasteiger partial charge on any atom is -0.379 e. The van der Waals surface area contributed by atoms with Crippen molar-refractivity contribution in [3.8, 4) is 0 Å². The summed E-state index contributed by atoms with van der Waals surface area (Å²) in [5.41, 5.74) is 2.32. The molecule has 1 fully saturated rings. The Morgan fingerprint density at radius 2 is 2.28 bits per heavy atom. The van der Waals surface area contributed by atoms with Crippen LogP contribution in [0.5, 0.6) is 0 Å². The fraction of sp³-hybridized carbons (Fsp3) is 0.500. The van der Waals surface area contributed by atoms with Gasteiger partial charge in [-0.15, -0.1) is 0 Å². The largest absolute Gasteiger partial charge is 0.379 e. The molecule has 1 unspecified atom stereocenters. The Kier molecular flexibility index (Phi) is 3.97. The van der Waals surface area contributed by atoms with Crippen molar-refractivity contribution in [3.05, 3.63) is 34.9 Å². The number of benzene rings is 1. The molecule has 1 heterocycles. The molecule has 0 aromatic heterocycles. The highest BCUT2D eigenvalue weighted by Gasteiger charge is 2.39. The van der Waals surface area contributed by atoms with E-state index in [0.717, 1.165) is 11.3 Å². The lowest BCUT2D eigenvalue weighted by Crippen LogP contribution is -2.46. The van der Waals surface area contributed by atoms with Crippen LogP contribution >= 0.6 is 11.8 Å². The molecule has 1 aromatic rings. The van der Waals surface area contributed by atoms with Crippen molar-refractivity contribution in [3.63, 3.8) is 0 Å². The van der Waals surface area contributed by atoms with Gasteiger partial charge in [-0.2, -0.15) is 11.8 Å². The molecule has 4 heteroatoms. The maximum atomic E-state index is 11.9. The van der Waals surface area contributed by atoms with E-state index in [1.54, 1.807) is 11.8 Å². The van der Waals surface area contributed by atoms with Gasteiger partial charge in [0, 0.05) is 12.3 Å². The average molecular weight is 265 g/mol. The molecule has 0 bridgehead atoms. The van der Waals surface area contributed by atoms with Crippen LogP contribution in [0.1, 0.15) is 23.1 Å². The minimum absolute atomic E-state index is 0.243. The molecule has 2 rings (SSSR count). The summed E-state index contributed by atoms with van der Waals surface area (Å²) < 4.78 is 0. The number of aliphatic hydroxyl groups is 1. The molecule has 2 N–H and O–H groups in total. The lowest BCUT2D eigenvalue weighted by Gasteiger charge is -2.20. The lowest BCUT2D eigenvalue weighted by molar-refractivity contribution is -0.137. The Hall–Kier alpha value is -1.00. The van der Waals surface area contributed by atoms with Crippen LogP contribution in [0.15, 0.2) is 18.2 Å². The summed E-state index contributed by atoms with van der Waals surface area (Å²) in [6, 6.07) is 6.16. The van der Waals surface area contributed by atoms with Crippen LogP contribution in [-0.2, 0) is 11.3 Å². The molecular formula is C14H19NO2S. The van der Waals surface area contributed by atoms with E-state index < -0.39 is 5.60 Å². The lowest BCUT2D eigenvalue weighted by atomic mass is 10.0. The third-order valence-corrected chi connectivity index (χ3v) is 4.54. The summed E-state index contributed by atoms with van der Waals surface area (Å²) in [5, 5.41) is 13.0. The zero-order chi connectivity index (χ0) is 13.2. The number of carbonyl (C=O) groups is 1. The number of amides is 1. The van der Waals surface area contributed by atoms with Crippen LogP contribution in [0.3, 0.4) is 0 Å². The van der Waals surface area contributed by atoms with E-state index in [1.807, 2.05) is 26.0 Å². The first-order valence-corrected chi connectivity index (χ1v) is 7.31. The van der Waals surface area contributed by atoms with Crippen LogP contribution in [0.2, 0.25) is 0 Å². The Morgan fingerprint density at radius 1 is 1.50 bits per heavy atom. The van der Waals surface area contributed by atoms with Gasteiger partial charge in [0.15, 0.2) is 5.60 Å². The molecule has 1 aromatic carbocycles. The molecule has 0 saturated carbocycles. The van der Waals surface area contributed by atoms with E-state index in [2.05, 4.69) is 11.4 Å². The van der Waals surface area contributed by atoms with Crippen LogP contribution in [0.4, 0.5) is 0 Å². The van der Waals surface area contributed by atoms with Crippen molar-refractivity contribution >= 4 is 17.7 Å². The maximum Gasteiger partial charge on any atom is 0.253 e. The van der Waals surface area contributed by atoms with E-state index >= 15 is 0 Å². The van der Waals surface area contributed by atoms with Gasteiger partial charge in [-0.3, -0.25) is 4.79 Å². The predicted octanol–water partition coefficient (Wildman–Crippen LogP) is 1.79. The van der Waals surface area contributed by atoms with E-state index in [-0.39, 0.29) is 5.91 Å². The van der Waals surface area contributed by atoms with E-state index in [1.165, 1.54) is 11.1 Å². The summed E-state index contributed by atoms with van der Waals surface area (Å²) in [6.07, 6.45) is 0.552. The molecule has 1 amide bonds. The summed E-state index contributed by atoms with van der Waals surface area (Å²) in [6.45, 7) is 4.57. The third kappa shape index (κ3) is 2.87. The minimum atomic E-state index is -1.16. The quantitative estimate of drug-likeness (QED) is 0.876. The molecule has 1 saturated heterocycles. The number of thioether (sulfide) groups is 1. The van der Waals surface area contributed by atoms with E-state index in [4.69, 9.17) is 0 Å². The second-order valence-corrected chi connectivity index (χ2v) is 6.05. The summed E-state index contributed by atoms with van der Waals surface area (Å²) >= 11 is 1.63. The van der Waals surface area contributed by atoms with Crippen molar-refractivity contribution in [2.24, 2.45) is 0 Å². The van der Waals surface area contributed by atoms with Gasteiger partial charge < -0.3 is 10.4 Å².